The van der Waals surface area contributed by atoms with Crippen molar-refractivity contribution in [3.8, 4) is 11.3 Å². The maximum atomic E-state index is 11.7. The number of benzene rings is 3. The molecule has 0 fully saturated rings. The summed E-state index contributed by atoms with van der Waals surface area (Å²) in [6.07, 6.45) is 5.27. The summed E-state index contributed by atoms with van der Waals surface area (Å²) >= 11 is 1.80. The van der Waals surface area contributed by atoms with Crippen LogP contribution in [0.2, 0.25) is 0 Å². The van der Waals surface area contributed by atoms with Crippen molar-refractivity contribution in [3.63, 3.8) is 0 Å². The summed E-state index contributed by atoms with van der Waals surface area (Å²) in [5.74, 6) is -0.250. The number of allylic oxidation sites excluding steroid dienone is 2. The summed E-state index contributed by atoms with van der Waals surface area (Å²) in [6.45, 7) is 14.1. The number of nitrogens with zero attached hydrogens (tertiary/aromatic N) is 2. The summed E-state index contributed by atoms with van der Waals surface area (Å²) in [4.78, 5) is 19.9. The quantitative estimate of drug-likeness (QED) is 0.0966. The molecular weight excluding hydrogens is 748 g/mol. The maximum absolute atomic E-state index is 11.7. The van der Waals surface area contributed by atoms with E-state index in [1.165, 1.54) is 26.6 Å². The van der Waals surface area contributed by atoms with Gasteiger partial charge in [-0.3, -0.25) is 9.78 Å². The summed E-state index contributed by atoms with van der Waals surface area (Å²) < 4.78 is 14.1. The molecule has 3 aromatic carbocycles. The number of carbonyl (C=O) groups is 1. The molecule has 0 saturated heterocycles. The minimum absolute atomic E-state index is 0. The molecule has 0 atom stereocenters. The predicted octanol–water partition coefficient (Wildman–Crippen LogP) is 10.6. The predicted molar refractivity (Wildman–Crippen MR) is 180 cm³/mol. The molecule has 44 heavy (non-hydrogen) atoms. The Labute approximate surface area is 278 Å². The number of carbonyl (C=O) groups excluding carboxylic acids is 1. The average Bonchev–Trinajstić information content (AvgIpc) is 3.34. The van der Waals surface area contributed by atoms with Crippen molar-refractivity contribution in [2.45, 2.75) is 73.6 Å². The van der Waals surface area contributed by atoms with Crippen LogP contribution in [0.15, 0.2) is 66.7 Å². The van der Waals surface area contributed by atoms with Gasteiger partial charge in [0, 0.05) is 52.6 Å². The standard InChI is InChI=1S/C28H27N2S.C9H15FO2.Ir/c1-17(2)23-14-20(13-19-8-6-7-9-21(19)23)25-27-26(30-16-29-25)22-11-10-18(12-24(22)31-27)15-28(3,4)5;1-3-7(4-2)9(12)5-8(11)6-10;/h6-12,14,16-17H,15H2,1-5H3;5,7,12H,3-4,6H2,1-2H3;/q-1;;/b;9-5-;. The first-order valence-electron chi connectivity index (χ1n) is 15.1. The number of thiophene rings is 1. The molecule has 0 unspecified atom stereocenters. The van der Waals surface area contributed by atoms with Gasteiger partial charge in [0.05, 0.1) is 11.3 Å². The topological polar surface area (TPSA) is 63.1 Å². The Balaban J connectivity index is 0.000000349. The normalized spacial score (nSPS) is 12.1. The molecule has 7 heteroatoms. The van der Waals surface area contributed by atoms with Crippen LogP contribution in [0, 0.1) is 17.4 Å². The molecule has 0 aliphatic heterocycles. The monoisotopic (exact) mass is 790 g/mol. The summed E-state index contributed by atoms with van der Waals surface area (Å²) in [7, 11) is 0. The van der Waals surface area contributed by atoms with E-state index >= 15 is 0 Å². The van der Waals surface area contributed by atoms with Gasteiger partial charge in [0.2, 0.25) is 0 Å². The Morgan fingerprint density at radius 1 is 1.05 bits per heavy atom. The van der Waals surface area contributed by atoms with Crippen molar-refractivity contribution < 1.29 is 34.4 Å². The van der Waals surface area contributed by atoms with Gasteiger partial charge in [-0.15, -0.1) is 40.5 Å². The summed E-state index contributed by atoms with van der Waals surface area (Å²) in [6, 6.07) is 21.2. The van der Waals surface area contributed by atoms with E-state index < -0.39 is 12.5 Å². The third-order valence-electron chi connectivity index (χ3n) is 7.58. The van der Waals surface area contributed by atoms with Gasteiger partial charge in [0.25, 0.3) is 0 Å². The molecule has 235 valence electrons. The summed E-state index contributed by atoms with van der Waals surface area (Å²) in [5, 5.41) is 12.9. The van der Waals surface area contributed by atoms with E-state index in [0.717, 1.165) is 52.2 Å². The van der Waals surface area contributed by atoms with Crippen molar-refractivity contribution in [3.05, 3.63) is 83.9 Å². The van der Waals surface area contributed by atoms with E-state index in [9.17, 15) is 14.3 Å². The van der Waals surface area contributed by atoms with Gasteiger partial charge in [-0.05, 0) is 42.2 Å². The minimum Gasteiger partial charge on any atom is -0.512 e. The van der Waals surface area contributed by atoms with Crippen LogP contribution in [0.1, 0.15) is 78.4 Å². The van der Waals surface area contributed by atoms with Gasteiger partial charge < -0.3 is 5.11 Å². The molecule has 4 nitrogen and oxygen atoms in total. The third-order valence-corrected chi connectivity index (χ3v) is 8.73. The molecule has 1 radical (unpaired) electrons. The van der Waals surface area contributed by atoms with E-state index in [2.05, 4.69) is 94.2 Å². The Kier molecular flexibility index (Phi) is 12.4. The fourth-order valence-electron chi connectivity index (χ4n) is 5.43. The first-order chi connectivity index (χ1) is 20.4. The molecule has 5 rings (SSSR count). The number of halogens is 1. The number of aliphatic hydroxyl groups excluding tert-OH is 1. The Bertz CT molecular complexity index is 1770. The fraction of sp³-hybridized carbons (Fsp3) is 0.378. The summed E-state index contributed by atoms with van der Waals surface area (Å²) in [5.41, 5.74) is 6.06. The van der Waals surface area contributed by atoms with Crippen LogP contribution in [-0.2, 0) is 31.3 Å². The molecule has 1 N–H and O–H groups in total. The van der Waals surface area contributed by atoms with Crippen LogP contribution in [0.3, 0.4) is 0 Å². The largest absolute Gasteiger partial charge is 0.512 e. The first-order valence-corrected chi connectivity index (χ1v) is 15.9. The second-order valence-corrected chi connectivity index (χ2v) is 13.6. The van der Waals surface area contributed by atoms with Gasteiger partial charge in [0.15, 0.2) is 12.5 Å². The number of hydrogen-bond donors (Lipinski definition) is 1. The van der Waals surface area contributed by atoms with Gasteiger partial charge in [-0.1, -0.05) is 89.7 Å². The second kappa shape index (κ2) is 15.3. The van der Waals surface area contributed by atoms with Crippen molar-refractivity contribution in [1.29, 1.82) is 0 Å². The van der Waals surface area contributed by atoms with Crippen LogP contribution in [0.5, 0.6) is 0 Å². The molecule has 0 amide bonds. The van der Waals surface area contributed by atoms with E-state index in [0.29, 0.717) is 5.92 Å². The number of aromatic nitrogens is 2. The molecular formula is C37H42FIrN2O2S-. The van der Waals surface area contributed by atoms with E-state index in [1.807, 2.05) is 13.8 Å². The van der Waals surface area contributed by atoms with Crippen molar-refractivity contribution >= 4 is 48.2 Å². The first kappa shape index (κ1) is 35.5. The molecule has 0 saturated carbocycles. The maximum Gasteiger partial charge on any atom is 0.189 e. The molecule has 2 aromatic heterocycles. The van der Waals surface area contributed by atoms with E-state index in [-0.39, 0.29) is 37.2 Å². The van der Waals surface area contributed by atoms with Crippen LogP contribution in [0.4, 0.5) is 4.39 Å². The van der Waals surface area contributed by atoms with Crippen molar-refractivity contribution in [2.24, 2.45) is 11.3 Å². The van der Waals surface area contributed by atoms with Crippen LogP contribution in [-0.4, -0.2) is 27.5 Å². The van der Waals surface area contributed by atoms with Crippen molar-refractivity contribution in [1.82, 2.24) is 9.97 Å². The van der Waals surface area contributed by atoms with Crippen LogP contribution < -0.4 is 0 Å². The molecule has 0 aliphatic carbocycles. The molecule has 2 heterocycles. The zero-order chi connectivity index (χ0) is 31.3. The zero-order valence-electron chi connectivity index (χ0n) is 26.6. The van der Waals surface area contributed by atoms with Crippen molar-refractivity contribution in [2.75, 3.05) is 6.67 Å². The van der Waals surface area contributed by atoms with Gasteiger partial charge >= 0.3 is 0 Å². The second-order valence-electron chi connectivity index (χ2n) is 12.6. The molecule has 0 aliphatic rings. The average molecular weight is 790 g/mol. The van der Waals surface area contributed by atoms with Crippen LogP contribution >= 0.6 is 11.3 Å². The molecule has 5 aromatic rings. The van der Waals surface area contributed by atoms with E-state index in [1.54, 1.807) is 17.7 Å². The Morgan fingerprint density at radius 3 is 2.39 bits per heavy atom. The van der Waals surface area contributed by atoms with Gasteiger partial charge in [-0.25, -0.2) is 9.37 Å². The fourth-order valence-corrected chi connectivity index (χ4v) is 6.65. The SMILES string of the molecule is CC(C)c1cc(-c2ncnc3c2sc2cc(CC(C)(C)C)ccc23)[c-]c2ccccc12.CCC(CC)/C(O)=C/C(=O)CF.[Ir]. The number of rotatable bonds is 8. The van der Waals surface area contributed by atoms with Gasteiger partial charge in [0.1, 0.15) is 6.33 Å². The third kappa shape index (κ3) is 8.38. The smallest absolute Gasteiger partial charge is 0.189 e. The molecule has 0 spiro atoms. The van der Waals surface area contributed by atoms with Gasteiger partial charge in [-0.2, -0.15) is 0 Å². The number of aliphatic hydroxyl groups is 1. The molecule has 0 bridgehead atoms. The number of fused-ring (bicyclic) bond motifs is 4. The number of hydrogen-bond acceptors (Lipinski definition) is 5. The van der Waals surface area contributed by atoms with E-state index in [4.69, 9.17) is 4.98 Å². The Hall–Kier alpha value is -2.99. The zero-order valence-corrected chi connectivity index (χ0v) is 29.8. The minimum atomic E-state index is -1.04. The Morgan fingerprint density at radius 2 is 1.75 bits per heavy atom. The number of alkyl halides is 1. The number of ketones is 1. The van der Waals surface area contributed by atoms with Crippen LogP contribution in [0.25, 0.3) is 42.3 Å².